The number of fused-ring (bicyclic) bond motifs is 1. The van der Waals surface area contributed by atoms with Gasteiger partial charge in [-0.15, -0.1) is 0 Å². The Morgan fingerprint density at radius 3 is 2.83 bits per heavy atom. The van der Waals surface area contributed by atoms with Gasteiger partial charge in [-0.3, -0.25) is 4.90 Å². The third kappa shape index (κ3) is 2.87. The molecule has 0 radical (unpaired) electrons. The number of rotatable bonds is 3. The fourth-order valence-electron chi connectivity index (χ4n) is 4.44. The number of aromatic amines is 1. The molecule has 130 valence electrons. The molecule has 1 spiro atoms. The molecule has 0 bridgehead atoms. The van der Waals surface area contributed by atoms with Crippen LogP contribution in [-0.2, 0) is 11.2 Å². The molecule has 1 aromatic heterocycles. The largest absolute Gasteiger partial charge is 0.372 e. The van der Waals surface area contributed by atoms with Crippen molar-refractivity contribution in [2.75, 3.05) is 39.8 Å². The highest BCUT2D eigenvalue weighted by molar-refractivity contribution is 5.83. The number of benzene rings is 1. The number of piperidine rings is 1. The molecule has 0 aliphatic carbocycles. The highest BCUT2D eigenvalue weighted by Crippen LogP contribution is 2.34. The molecular formula is C20H29N3O. The molecule has 0 amide bonds. The smallest absolute Gasteiger partial charge is 0.0859 e. The topological polar surface area (TPSA) is 31.5 Å². The first kappa shape index (κ1) is 16.1. The first-order chi connectivity index (χ1) is 11.7. The van der Waals surface area contributed by atoms with Crippen LogP contribution in [0.2, 0.25) is 0 Å². The molecule has 2 aromatic rings. The van der Waals surface area contributed by atoms with Gasteiger partial charge in [-0.1, -0.05) is 18.2 Å². The maximum Gasteiger partial charge on any atom is 0.0859 e. The number of ether oxygens (including phenoxy) is 1. The molecule has 3 heterocycles. The number of hydrogen-bond acceptors (Lipinski definition) is 3. The lowest BCUT2D eigenvalue weighted by molar-refractivity contribution is -0.160. The van der Waals surface area contributed by atoms with Gasteiger partial charge in [-0.2, -0.15) is 0 Å². The summed E-state index contributed by atoms with van der Waals surface area (Å²) in [6.07, 6.45) is 5.61. The number of nitrogens with zero attached hydrogens (tertiary/aromatic N) is 2. The number of para-hydroxylation sites is 1. The summed E-state index contributed by atoms with van der Waals surface area (Å²) in [6, 6.07) is 9.13. The zero-order chi connectivity index (χ0) is 16.6. The third-order valence-electron chi connectivity index (χ3n) is 6.33. The van der Waals surface area contributed by atoms with Crippen LogP contribution >= 0.6 is 0 Å². The van der Waals surface area contributed by atoms with Crippen LogP contribution in [0, 0.1) is 0 Å². The number of likely N-dealkylation sites (N-methyl/N-ethyl adjacent to an activating group) is 1. The van der Waals surface area contributed by atoms with Crippen molar-refractivity contribution in [1.82, 2.24) is 14.8 Å². The van der Waals surface area contributed by atoms with E-state index in [2.05, 4.69) is 59.2 Å². The van der Waals surface area contributed by atoms with E-state index >= 15 is 0 Å². The number of nitrogens with one attached hydrogen (secondary N) is 1. The predicted molar refractivity (Wildman–Crippen MR) is 98.5 cm³/mol. The van der Waals surface area contributed by atoms with Crippen LogP contribution in [0.25, 0.3) is 10.9 Å². The van der Waals surface area contributed by atoms with Crippen molar-refractivity contribution in [2.24, 2.45) is 0 Å². The fraction of sp³-hybridized carbons (Fsp3) is 0.600. The van der Waals surface area contributed by atoms with Crippen LogP contribution in [0.4, 0.5) is 0 Å². The van der Waals surface area contributed by atoms with Crippen molar-refractivity contribution >= 4 is 10.9 Å². The Kier molecular flexibility index (Phi) is 4.37. The summed E-state index contributed by atoms with van der Waals surface area (Å²) in [5.74, 6) is 0. The lowest BCUT2D eigenvalue weighted by Gasteiger charge is -2.51. The summed E-state index contributed by atoms with van der Waals surface area (Å²) in [7, 11) is 2.23. The normalized spacial score (nSPS) is 25.5. The summed E-state index contributed by atoms with van der Waals surface area (Å²) in [4.78, 5) is 8.46. The van der Waals surface area contributed by atoms with E-state index in [0.29, 0.717) is 6.04 Å². The Labute approximate surface area is 144 Å². The van der Waals surface area contributed by atoms with Gasteiger partial charge in [0.1, 0.15) is 0 Å². The zero-order valence-electron chi connectivity index (χ0n) is 14.9. The average molecular weight is 327 g/mol. The number of morpholine rings is 1. The van der Waals surface area contributed by atoms with Crippen molar-refractivity contribution in [1.29, 1.82) is 0 Å². The lowest BCUT2D eigenvalue weighted by atomic mass is 9.83. The molecule has 2 aliphatic rings. The minimum absolute atomic E-state index is 0.0876. The monoisotopic (exact) mass is 327 g/mol. The van der Waals surface area contributed by atoms with Crippen molar-refractivity contribution < 1.29 is 4.74 Å². The second-order valence-corrected chi connectivity index (χ2v) is 7.52. The standard InChI is InChI=1S/C20H29N3O/c1-16-20(24-14-13-22(16)2)8-11-23(12-9-20)10-7-17-15-21-19-6-4-3-5-18(17)19/h3-6,15-16,21H,7-14H2,1-2H3. The van der Waals surface area contributed by atoms with Crippen LogP contribution in [0.5, 0.6) is 0 Å². The zero-order valence-corrected chi connectivity index (χ0v) is 14.9. The number of hydrogen-bond donors (Lipinski definition) is 1. The molecule has 1 N–H and O–H groups in total. The average Bonchev–Trinajstić information content (AvgIpc) is 3.02. The van der Waals surface area contributed by atoms with Gasteiger partial charge >= 0.3 is 0 Å². The van der Waals surface area contributed by atoms with E-state index in [-0.39, 0.29) is 5.60 Å². The van der Waals surface area contributed by atoms with E-state index in [4.69, 9.17) is 4.74 Å². The number of H-pyrrole nitrogens is 1. The molecule has 0 saturated carbocycles. The quantitative estimate of drug-likeness (QED) is 0.940. The van der Waals surface area contributed by atoms with E-state index in [1.807, 2.05) is 0 Å². The minimum Gasteiger partial charge on any atom is -0.372 e. The van der Waals surface area contributed by atoms with Gasteiger partial charge in [0, 0.05) is 49.3 Å². The molecular weight excluding hydrogens is 298 g/mol. The Morgan fingerprint density at radius 2 is 2.00 bits per heavy atom. The summed E-state index contributed by atoms with van der Waals surface area (Å²) in [5, 5.41) is 1.37. The number of likely N-dealkylation sites (tertiary alicyclic amines) is 1. The molecule has 2 saturated heterocycles. The Bertz CT molecular complexity index is 687. The first-order valence-corrected chi connectivity index (χ1v) is 9.29. The van der Waals surface area contributed by atoms with Crippen molar-refractivity contribution in [2.45, 2.75) is 37.8 Å². The van der Waals surface area contributed by atoms with E-state index in [9.17, 15) is 0 Å². The van der Waals surface area contributed by atoms with E-state index < -0.39 is 0 Å². The molecule has 2 aliphatic heterocycles. The predicted octanol–water partition coefficient (Wildman–Crippen LogP) is 2.90. The van der Waals surface area contributed by atoms with Crippen LogP contribution in [0.3, 0.4) is 0 Å². The molecule has 1 atom stereocenters. The minimum atomic E-state index is 0.0876. The summed E-state index contributed by atoms with van der Waals surface area (Å²) in [6.45, 7) is 7.73. The lowest BCUT2D eigenvalue weighted by Crippen LogP contribution is -2.61. The van der Waals surface area contributed by atoms with Gasteiger partial charge in [0.05, 0.1) is 12.2 Å². The van der Waals surface area contributed by atoms with Crippen molar-refractivity contribution in [3.63, 3.8) is 0 Å². The van der Waals surface area contributed by atoms with E-state index in [0.717, 1.165) is 52.0 Å². The third-order valence-corrected chi connectivity index (χ3v) is 6.33. The number of aromatic nitrogens is 1. The van der Waals surface area contributed by atoms with Crippen LogP contribution in [0.1, 0.15) is 25.3 Å². The Balaban J connectivity index is 1.35. The van der Waals surface area contributed by atoms with Gasteiger partial charge in [0.2, 0.25) is 0 Å². The van der Waals surface area contributed by atoms with Crippen LogP contribution in [0.15, 0.2) is 30.5 Å². The van der Waals surface area contributed by atoms with Crippen molar-refractivity contribution in [3.05, 3.63) is 36.0 Å². The van der Waals surface area contributed by atoms with Gasteiger partial charge in [0.15, 0.2) is 0 Å². The molecule has 4 nitrogen and oxygen atoms in total. The summed E-state index contributed by atoms with van der Waals surface area (Å²) < 4.78 is 6.27. The van der Waals surface area contributed by atoms with E-state index in [1.54, 1.807) is 0 Å². The van der Waals surface area contributed by atoms with Gasteiger partial charge in [-0.25, -0.2) is 0 Å². The SMILES string of the molecule is CC1N(C)CCOC12CCN(CCc1c[nH]c3ccccc13)CC2. The molecule has 2 fully saturated rings. The Morgan fingerprint density at radius 1 is 1.21 bits per heavy atom. The van der Waals surface area contributed by atoms with Gasteiger partial charge < -0.3 is 14.6 Å². The molecule has 1 unspecified atom stereocenters. The fourth-order valence-corrected chi connectivity index (χ4v) is 4.44. The van der Waals surface area contributed by atoms with Gasteiger partial charge in [0.25, 0.3) is 0 Å². The maximum absolute atomic E-state index is 6.27. The Hall–Kier alpha value is -1.36. The second kappa shape index (κ2) is 6.51. The second-order valence-electron chi connectivity index (χ2n) is 7.52. The van der Waals surface area contributed by atoms with Crippen LogP contribution in [-0.4, -0.2) is 66.3 Å². The molecule has 4 rings (SSSR count). The summed E-state index contributed by atoms with van der Waals surface area (Å²) >= 11 is 0. The summed E-state index contributed by atoms with van der Waals surface area (Å²) in [5.41, 5.74) is 2.77. The maximum atomic E-state index is 6.27. The van der Waals surface area contributed by atoms with E-state index in [1.165, 1.54) is 16.5 Å². The van der Waals surface area contributed by atoms with Crippen molar-refractivity contribution in [3.8, 4) is 0 Å². The molecule has 1 aromatic carbocycles. The first-order valence-electron chi connectivity index (χ1n) is 9.29. The van der Waals surface area contributed by atoms with Gasteiger partial charge in [-0.05, 0) is 44.9 Å². The molecule has 4 heteroatoms. The highest BCUT2D eigenvalue weighted by atomic mass is 16.5. The van der Waals surface area contributed by atoms with Crippen LogP contribution < -0.4 is 0 Å². The molecule has 24 heavy (non-hydrogen) atoms. The highest BCUT2D eigenvalue weighted by Gasteiger charge is 2.44.